The Bertz CT molecular complexity index is 267. The van der Waals surface area contributed by atoms with E-state index in [1.807, 2.05) is 0 Å². The lowest BCUT2D eigenvalue weighted by Crippen LogP contribution is -2.41. The summed E-state index contributed by atoms with van der Waals surface area (Å²) in [6.07, 6.45) is -0.875. The summed E-state index contributed by atoms with van der Waals surface area (Å²) < 4.78 is 0. The molecule has 0 saturated carbocycles. The van der Waals surface area contributed by atoms with E-state index < -0.39 is 17.7 Å². The lowest BCUT2D eigenvalue weighted by molar-refractivity contribution is -0.131. The molecule has 2 N–H and O–H groups in total. The number of aliphatic hydroxyl groups is 1. The maximum absolute atomic E-state index is 11.6. The van der Waals surface area contributed by atoms with Gasteiger partial charge in [-0.05, 0) is 13.8 Å². The number of carbonyl (C=O) groups is 2. The van der Waals surface area contributed by atoms with Crippen molar-refractivity contribution in [1.82, 2.24) is 10.2 Å². The number of β-amino-alcohol motifs (C(OH)–C–C–N with tert-alkyl or cyclic N) is 1. The van der Waals surface area contributed by atoms with E-state index in [1.165, 1.54) is 0 Å². The van der Waals surface area contributed by atoms with Crippen molar-refractivity contribution in [3.05, 3.63) is 0 Å². The first kappa shape index (κ1) is 11.3. The molecule has 1 saturated heterocycles. The molecule has 1 unspecified atom stereocenters. The van der Waals surface area contributed by atoms with Gasteiger partial charge in [0.1, 0.15) is 5.54 Å². The van der Waals surface area contributed by atoms with Crippen LogP contribution in [0.1, 0.15) is 13.8 Å². The van der Waals surface area contributed by atoms with Crippen molar-refractivity contribution in [2.75, 3.05) is 12.4 Å². The van der Waals surface area contributed by atoms with Gasteiger partial charge in [0.15, 0.2) is 0 Å². The van der Waals surface area contributed by atoms with Crippen molar-refractivity contribution in [3.63, 3.8) is 0 Å². The van der Waals surface area contributed by atoms with E-state index in [0.29, 0.717) is 0 Å². The summed E-state index contributed by atoms with van der Waals surface area (Å²) in [5.41, 5.74) is -0.886. The second-order valence-corrected chi connectivity index (χ2v) is 4.09. The van der Waals surface area contributed by atoms with Crippen molar-refractivity contribution >= 4 is 23.5 Å². The zero-order valence-electron chi connectivity index (χ0n) is 8.08. The number of aliphatic hydroxyl groups excluding tert-OH is 1. The zero-order chi connectivity index (χ0) is 10.9. The molecule has 1 fully saturated rings. The molecular weight excluding hydrogens is 208 g/mol. The summed E-state index contributed by atoms with van der Waals surface area (Å²) in [6, 6.07) is -0.482. The topological polar surface area (TPSA) is 69.6 Å². The number of amides is 3. The van der Waals surface area contributed by atoms with Gasteiger partial charge in [-0.3, -0.25) is 9.69 Å². The fourth-order valence-corrected chi connectivity index (χ4v) is 1.34. The lowest BCUT2D eigenvalue weighted by atomic mass is 10.1. The van der Waals surface area contributed by atoms with Gasteiger partial charge in [0, 0.05) is 0 Å². The van der Waals surface area contributed by atoms with Crippen LogP contribution in [0.15, 0.2) is 0 Å². The van der Waals surface area contributed by atoms with Crippen LogP contribution in [0, 0.1) is 0 Å². The Hall–Kier alpha value is -0.810. The van der Waals surface area contributed by atoms with Crippen LogP contribution in [0.2, 0.25) is 0 Å². The molecule has 0 spiro atoms. The molecule has 14 heavy (non-hydrogen) atoms. The van der Waals surface area contributed by atoms with Gasteiger partial charge in [-0.2, -0.15) is 0 Å². The molecule has 3 amide bonds. The van der Waals surface area contributed by atoms with Crippen LogP contribution in [0.3, 0.4) is 0 Å². The maximum Gasteiger partial charge on any atom is 0.325 e. The first-order valence-corrected chi connectivity index (χ1v) is 4.80. The average Bonchev–Trinajstić information content (AvgIpc) is 2.28. The third kappa shape index (κ3) is 1.99. The minimum atomic E-state index is -0.886. The summed E-state index contributed by atoms with van der Waals surface area (Å²) in [5.74, 6) is -0.344. The highest BCUT2D eigenvalue weighted by molar-refractivity contribution is 6.18. The summed E-state index contributed by atoms with van der Waals surface area (Å²) in [4.78, 5) is 23.8. The highest BCUT2D eigenvalue weighted by Gasteiger charge is 2.44. The fourth-order valence-electron chi connectivity index (χ4n) is 1.24. The third-order valence-corrected chi connectivity index (χ3v) is 2.37. The summed E-state index contributed by atoms with van der Waals surface area (Å²) in [7, 11) is 0. The van der Waals surface area contributed by atoms with Crippen LogP contribution < -0.4 is 5.32 Å². The molecule has 0 aromatic heterocycles. The van der Waals surface area contributed by atoms with Crippen LogP contribution in [0.25, 0.3) is 0 Å². The van der Waals surface area contributed by atoms with Crippen LogP contribution in [0.5, 0.6) is 0 Å². The molecule has 0 radical (unpaired) electrons. The van der Waals surface area contributed by atoms with Gasteiger partial charge >= 0.3 is 6.03 Å². The van der Waals surface area contributed by atoms with Gasteiger partial charge in [0.25, 0.3) is 5.91 Å². The Labute approximate surface area is 87.0 Å². The highest BCUT2D eigenvalue weighted by atomic mass is 35.5. The van der Waals surface area contributed by atoms with Crippen LogP contribution in [-0.2, 0) is 4.79 Å². The molecule has 0 bridgehead atoms. The van der Waals surface area contributed by atoms with Gasteiger partial charge in [-0.15, -0.1) is 11.6 Å². The Balaban J connectivity index is 2.71. The van der Waals surface area contributed by atoms with Gasteiger partial charge in [0.05, 0.1) is 18.5 Å². The van der Waals surface area contributed by atoms with E-state index in [9.17, 15) is 14.7 Å². The molecule has 0 aromatic carbocycles. The van der Waals surface area contributed by atoms with E-state index in [0.717, 1.165) is 4.90 Å². The normalized spacial score (nSPS) is 22.4. The molecule has 80 valence electrons. The van der Waals surface area contributed by atoms with Gasteiger partial charge < -0.3 is 10.4 Å². The molecule has 0 aliphatic carbocycles. The smallest absolute Gasteiger partial charge is 0.325 e. The van der Waals surface area contributed by atoms with Crippen molar-refractivity contribution in [2.45, 2.75) is 25.5 Å². The van der Waals surface area contributed by atoms with Crippen LogP contribution in [-0.4, -0.2) is 46.0 Å². The first-order chi connectivity index (χ1) is 6.38. The average molecular weight is 221 g/mol. The quantitative estimate of drug-likeness (QED) is 0.516. The number of halogens is 1. The second kappa shape index (κ2) is 3.74. The number of rotatable bonds is 3. The summed E-state index contributed by atoms with van der Waals surface area (Å²) in [5, 5.41) is 11.7. The number of carbonyl (C=O) groups excluding carboxylic acids is 2. The summed E-state index contributed by atoms with van der Waals surface area (Å²) in [6.45, 7) is 3.16. The monoisotopic (exact) mass is 220 g/mol. The molecule has 0 aromatic rings. The Kier molecular flexibility index (Phi) is 3.01. The number of hydrogen-bond acceptors (Lipinski definition) is 3. The number of nitrogens with one attached hydrogen (secondary N) is 1. The van der Waals surface area contributed by atoms with Gasteiger partial charge in [0.2, 0.25) is 0 Å². The van der Waals surface area contributed by atoms with Crippen LogP contribution in [0.4, 0.5) is 4.79 Å². The SMILES string of the molecule is CC1(C)NC(=O)N(CC(O)CCl)C1=O. The van der Waals surface area contributed by atoms with Crippen LogP contribution >= 0.6 is 11.6 Å². The molecule has 5 nitrogen and oxygen atoms in total. The number of urea groups is 1. The minimum absolute atomic E-state index is 0.00249. The van der Waals surface area contributed by atoms with Crippen molar-refractivity contribution in [1.29, 1.82) is 0 Å². The maximum atomic E-state index is 11.6. The molecule has 1 rings (SSSR count). The number of alkyl halides is 1. The lowest BCUT2D eigenvalue weighted by Gasteiger charge is -2.17. The van der Waals surface area contributed by atoms with Crippen molar-refractivity contribution in [2.24, 2.45) is 0 Å². The Morgan fingerprint density at radius 3 is 2.50 bits per heavy atom. The number of hydrogen-bond donors (Lipinski definition) is 2. The van der Waals surface area contributed by atoms with Gasteiger partial charge in [-0.25, -0.2) is 4.79 Å². The Morgan fingerprint density at radius 1 is 1.57 bits per heavy atom. The number of imide groups is 1. The zero-order valence-corrected chi connectivity index (χ0v) is 8.84. The highest BCUT2D eigenvalue weighted by Crippen LogP contribution is 2.16. The number of nitrogens with zero attached hydrogens (tertiary/aromatic N) is 1. The first-order valence-electron chi connectivity index (χ1n) is 4.26. The predicted octanol–water partition coefficient (Wildman–Crippen LogP) is -0.0835. The molecule has 1 heterocycles. The minimum Gasteiger partial charge on any atom is -0.390 e. The van der Waals surface area contributed by atoms with E-state index >= 15 is 0 Å². The van der Waals surface area contributed by atoms with Gasteiger partial charge in [-0.1, -0.05) is 0 Å². The third-order valence-electron chi connectivity index (χ3n) is 2.02. The van der Waals surface area contributed by atoms with E-state index in [1.54, 1.807) is 13.8 Å². The molecule has 1 atom stereocenters. The van der Waals surface area contributed by atoms with Crippen molar-refractivity contribution in [3.8, 4) is 0 Å². The van der Waals surface area contributed by atoms with E-state index in [4.69, 9.17) is 11.6 Å². The molecular formula is C8H13ClN2O3. The second-order valence-electron chi connectivity index (χ2n) is 3.78. The fraction of sp³-hybridized carbons (Fsp3) is 0.750. The largest absolute Gasteiger partial charge is 0.390 e. The van der Waals surface area contributed by atoms with E-state index in [-0.39, 0.29) is 18.3 Å². The summed E-state index contributed by atoms with van der Waals surface area (Å²) >= 11 is 5.38. The predicted molar refractivity (Wildman–Crippen MR) is 51.1 cm³/mol. The standard InChI is InChI=1S/C8H13ClN2O3/c1-8(2)6(13)11(7(14)10-8)4-5(12)3-9/h5,12H,3-4H2,1-2H3,(H,10,14). The molecule has 6 heteroatoms. The molecule has 1 aliphatic rings. The Morgan fingerprint density at radius 2 is 2.14 bits per heavy atom. The molecule has 1 aliphatic heterocycles. The van der Waals surface area contributed by atoms with E-state index in [2.05, 4.69) is 5.32 Å². The van der Waals surface area contributed by atoms with Crippen molar-refractivity contribution < 1.29 is 14.7 Å².